The summed E-state index contributed by atoms with van der Waals surface area (Å²) in [6, 6.07) is 5.34. The van der Waals surface area contributed by atoms with E-state index in [1.54, 1.807) is 18.5 Å². The largest absolute Gasteiger partial charge is 0.354 e. The minimum Gasteiger partial charge on any atom is -0.354 e. The van der Waals surface area contributed by atoms with E-state index in [2.05, 4.69) is 20.6 Å². The molecule has 1 aromatic heterocycles. The average molecular weight is 258 g/mol. The van der Waals surface area contributed by atoms with Crippen molar-refractivity contribution in [3.05, 3.63) is 30.1 Å². The molecule has 0 spiro atoms. The van der Waals surface area contributed by atoms with Crippen LogP contribution in [0.2, 0.25) is 0 Å². The Morgan fingerprint density at radius 2 is 2.32 bits per heavy atom. The number of amides is 2. The van der Waals surface area contributed by atoms with E-state index in [9.17, 15) is 9.59 Å². The molecule has 2 amide bonds. The number of rotatable bonds is 2. The SMILES string of the molecule is O=C1CCC(NC(=O)c2ccc3nc[nH]c3c2)CN1. The van der Waals surface area contributed by atoms with Gasteiger partial charge in [-0.05, 0) is 24.6 Å². The molecule has 0 saturated carbocycles. The molecule has 2 aromatic rings. The Morgan fingerprint density at radius 3 is 3.11 bits per heavy atom. The lowest BCUT2D eigenvalue weighted by molar-refractivity contribution is -0.122. The molecule has 1 fully saturated rings. The normalized spacial score (nSPS) is 19.2. The van der Waals surface area contributed by atoms with Gasteiger partial charge in [0.25, 0.3) is 5.91 Å². The van der Waals surface area contributed by atoms with Crippen LogP contribution in [0.5, 0.6) is 0 Å². The average Bonchev–Trinajstić information content (AvgIpc) is 2.88. The molecule has 1 unspecified atom stereocenters. The van der Waals surface area contributed by atoms with Gasteiger partial charge in [-0.15, -0.1) is 0 Å². The Hall–Kier alpha value is -2.37. The highest BCUT2D eigenvalue weighted by Crippen LogP contribution is 2.12. The second-order valence-electron chi connectivity index (χ2n) is 4.65. The van der Waals surface area contributed by atoms with Crippen molar-refractivity contribution in [2.24, 2.45) is 0 Å². The molecular formula is C13H14N4O2. The molecule has 3 rings (SSSR count). The van der Waals surface area contributed by atoms with Crippen LogP contribution in [0.25, 0.3) is 11.0 Å². The zero-order valence-corrected chi connectivity index (χ0v) is 10.3. The highest BCUT2D eigenvalue weighted by molar-refractivity contribution is 5.97. The van der Waals surface area contributed by atoms with Gasteiger partial charge in [0.15, 0.2) is 0 Å². The van der Waals surface area contributed by atoms with Crippen molar-refractivity contribution in [3.8, 4) is 0 Å². The predicted octanol–water partition coefficient (Wildman–Crippen LogP) is 0.571. The van der Waals surface area contributed by atoms with Crippen molar-refractivity contribution in [3.63, 3.8) is 0 Å². The number of fused-ring (bicyclic) bond motifs is 1. The zero-order valence-electron chi connectivity index (χ0n) is 10.3. The first-order chi connectivity index (χ1) is 9.22. The highest BCUT2D eigenvalue weighted by atomic mass is 16.2. The quantitative estimate of drug-likeness (QED) is 0.736. The minimum atomic E-state index is -0.127. The number of benzene rings is 1. The number of aromatic amines is 1. The third kappa shape index (κ3) is 2.42. The lowest BCUT2D eigenvalue weighted by Gasteiger charge is -2.23. The third-order valence-corrected chi connectivity index (χ3v) is 3.28. The van der Waals surface area contributed by atoms with Crippen LogP contribution in [0.15, 0.2) is 24.5 Å². The predicted molar refractivity (Wildman–Crippen MR) is 69.6 cm³/mol. The molecular weight excluding hydrogens is 244 g/mol. The number of hydrogen-bond acceptors (Lipinski definition) is 3. The zero-order chi connectivity index (χ0) is 13.2. The second kappa shape index (κ2) is 4.72. The molecule has 1 aliphatic rings. The Kier molecular flexibility index (Phi) is 2.91. The lowest BCUT2D eigenvalue weighted by atomic mass is 10.1. The summed E-state index contributed by atoms with van der Waals surface area (Å²) in [6.07, 6.45) is 2.75. The number of piperidine rings is 1. The van der Waals surface area contributed by atoms with Crippen molar-refractivity contribution in [2.45, 2.75) is 18.9 Å². The van der Waals surface area contributed by atoms with E-state index in [4.69, 9.17) is 0 Å². The van der Waals surface area contributed by atoms with Crippen LogP contribution in [0.1, 0.15) is 23.2 Å². The van der Waals surface area contributed by atoms with Gasteiger partial charge in [-0.1, -0.05) is 0 Å². The number of hydrogen-bond donors (Lipinski definition) is 3. The highest BCUT2D eigenvalue weighted by Gasteiger charge is 2.20. The Labute approximate surface area is 109 Å². The third-order valence-electron chi connectivity index (χ3n) is 3.28. The van der Waals surface area contributed by atoms with Crippen LogP contribution < -0.4 is 10.6 Å². The number of H-pyrrole nitrogens is 1. The van der Waals surface area contributed by atoms with Gasteiger partial charge in [0.1, 0.15) is 0 Å². The molecule has 6 heteroatoms. The van der Waals surface area contributed by atoms with Crippen molar-refractivity contribution < 1.29 is 9.59 Å². The first-order valence-electron chi connectivity index (χ1n) is 6.23. The minimum absolute atomic E-state index is 0.00247. The van der Waals surface area contributed by atoms with Gasteiger partial charge in [-0.25, -0.2) is 4.98 Å². The van der Waals surface area contributed by atoms with Crippen LogP contribution in [-0.4, -0.2) is 34.4 Å². The summed E-state index contributed by atoms with van der Waals surface area (Å²) < 4.78 is 0. The summed E-state index contributed by atoms with van der Waals surface area (Å²) in [6.45, 7) is 0.497. The maximum Gasteiger partial charge on any atom is 0.251 e. The fraction of sp³-hybridized carbons (Fsp3) is 0.308. The van der Waals surface area contributed by atoms with E-state index in [0.29, 0.717) is 24.9 Å². The molecule has 1 atom stereocenters. The molecule has 2 heterocycles. The molecule has 1 saturated heterocycles. The number of nitrogens with zero attached hydrogens (tertiary/aromatic N) is 1. The molecule has 98 valence electrons. The van der Waals surface area contributed by atoms with E-state index in [-0.39, 0.29) is 17.9 Å². The monoisotopic (exact) mass is 258 g/mol. The van der Waals surface area contributed by atoms with Gasteiger partial charge in [0.05, 0.1) is 17.4 Å². The summed E-state index contributed by atoms with van der Waals surface area (Å²) in [5.74, 6) is -0.0815. The van der Waals surface area contributed by atoms with E-state index in [1.807, 2.05) is 6.07 Å². The first-order valence-corrected chi connectivity index (χ1v) is 6.23. The number of nitrogens with one attached hydrogen (secondary N) is 3. The summed E-state index contributed by atoms with van der Waals surface area (Å²) in [7, 11) is 0. The Balaban J connectivity index is 1.71. The topological polar surface area (TPSA) is 86.9 Å². The maximum atomic E-state index is 12.1. The van der Waals surface area contributed by atoms with Crippen LogP contribution >= 0.6 is 0 Å². The standard InChI is InChI=1S/C13H14N4O2/c18-12-4-2-9(6-14-12)17-13(19)8-1-3-10-11(5-8)16-7-15-10/h1,3,5,7,9H,2,4,6H2,(H,14,18)(H,15,16)(H,17,19). The summed E-state index contributed by atoms with van der Waals surface area (Å²) in [4.78, 5) is 30.2. The second-order valence-corrected chi connectivity index (χ2v) is 4.65. The van der Waals surface area contributed by atoms with Crippen molar-refractivity contribution in [1.82, 2.24) is 20.6 Å². The smallest absolute Gasteiger partial charge is 0.251 e. The number of carbonyl (C=O) groups is 2. The number of aromatic nitrogens is 2. The molecule has 1 aliphatic heterocycles. The van der Waals surface area contributed by atoms with E-state index < -0.39 is 0 Å². The van der Waals surface area contributed by atoms with Crippen molar-refractivity contribution >= 4 is 22.8 Å². The first kappa shape index (κ1) is 11.7. The van der Waals surface area contributed by atoms with Gasteiger partial charge in [-0.3, -0.25) is 9.59 Å². The molecule has 19 heavy (non-hydrogen) atoms. The molecule has 0 bridgehead atoms. The van der Waals surface area contributed by atoms with Gasteiger partial charge >= 0.3 is 0 Å². The van der Waals surface area contributed by atoms with Gasteiger partial charge in [0, 0.05) is 24.6 Å². The van der Waals surface area contributed by atoms with E-state index in [1.165, 1.54) is 0 Å². The number of carbonyl (C=O) groups excluding carboxylic acids is 2. The van der Waals surface area contributed by atoms with Gasteiger partial charge in [0.2, 0.25) is 5.91 Å². The van der Waals surface area contributed by atoms with Crippen LogP contribution in [0.3, 0.4) is 0 Å². The van der Waals surface area contributed by atoms with Gasteiger partial charge < -0.3 is 15.6 Å². The summed E-state index contributed by atoms with van der Waals surface area (Å²) >= 11 is 0. The maximum absolute atomic E-state index is 12.1. The molecule has 0 aliphatic carbocycles. The Bertz CT molecular complexity index is 624. The summed E-state index contributed by atoms with van der Waals surface area (Å²) in [5, 5.41) is 5.67. The molecule has 6 nitrogen and oxygen atoms in total. The van der Waals surface area contributed by atoms with Crippen molar-refractivity contribution in [2.75, 3.05) is 6.54 Å². The fourth-order valence-corrected chi connectivity index (χ4v) is 2.20. The van der Waals surface area contributed by atoms with Gasteiger partial charge in [-0.2, -0.15) is 0 Å². The van der Waals surface area contributed by atoms with E-state index >= 15 is 0 Å². The van der Waals surface area contributed by atoms with E-state index in [0.717, 1.165) is 11.0 Å². The lowest BCUT2D eigenvalue weighted by Crippen LogP contribution is -2.47. The van der Waals surface area contributed by atoms with Crippen LogP contribution in [-0.2, 0) is 4.79 Å². The molecule has 1 aromatic carbocycles. The number of imidazole rings is 1. The van der Waals surface area contributed by atoms with Crippen molar-refractivity contribution in [1.29, 1.82) is 0 Å². The van der Waals surface area contributed by atoms with Crippen LogP contribution in [0, 0.1) is 0 Å². The molecule has 0 radical (unpaired) electrons. The Morgan fingerprint density at radius 1 is 1.42 bits per heavy atom. The van der Waals surface area contributed by atoms with Crippen LogP contribution in [0.4, 0.5) is 0 Å². The molecule has 3 N–H and O–H groups in total. The fourth-order valence-electron chi connectivity index (χ4n) is 2.20. The summed E-state index contributed by atoms with van der Waals surface area (Å²) in [5.41, 5.74) is 2.26.